The Labute approximate surface area is 124 Å². The lowest BCUT2D eigenvalue weighted by Crippen LogP contribution is -2.49. The largest absolute Gasteiger partial charge is 0.390 e. The van der Waals surface area contributed by atoms with Crippen LogP contribution in [0.5, 0.6) is 0 Å². The average Bonchev–Trinajstić information content (AvgIpc) is 2.61. The monoisotopic (exact) mass is 318 g/mol. The van der Waals surface area contributed by atoms with Gasteiger partial charge in [-0.25, -0.2) is 18.4 Å². The van der Waals surface area contributed by atoms with Crippen molar-refractivity contribution < 1.29 is 13.5 Å². The van der Waals surface area contributed by atoms with Crippen molar-refractivity contribution >= 4 is 21.4 Å². The van der Waals surface area contributed by atoms with E-state index in [1.54, 1.807) is 11.1 Å². The lowest BCUT2D eigenvalue weighted by atomic mass is 10.1. The zero-order valence-electron chi connectivity index (χ0n) is 11.5. The molecule has 2 atom stereocenters. The molecule has 1 saturated heterocycles. The fourth-order valence-corrected chi connectivity index (χ4v) is 4.44. The summed E-state index contributed by atoms with van der Waals surface area (Å²) < 4.78 is 23.3. The molecule has 1 aliphatic rings. The first-order chi connectivity index (χ1) is 9.30. The van der Waals surface area contributed by atoms with E-state index in [9.17, 15) is 13.5 Å². The predicted octanol–water partition coefficient (Wildman–Crippen LogP) is 0.776. The van der Waals surface area contributed by atoms with E-state index in [1.165, 1.54) is 0 Å². The van der Waals surface area contributed by atoms with Crippen molar-refractivity contribution in [3.8, 4) is 0 Å². The molecular formula is C13H19ClN2O3S. The number of aliphatic hydroxyl groups is 1. The Balaban J connectivity index is 2.23. The molecule has 0 bridgehead atoms. The van der Waals surface area contributed by atoms with Crippen molar-refractivity contribution in [3.63, 3.8) is 0 Å². The van der Waals surface area contributed by atoms with Crippen LogP contribution in [0.2, 0.25) is 5.02 Å². The van der Waals surface area contributed by atoms with Gasteiger partial charge in [0.25, 0.3) is 0 Å². The van der Waals surface area contributed by atoms with Crippen LogP contribution in [0.1, 0.15) is 5.56 Å². The van der Waals surface area contributed by atoms with Gasteiger partial charge in [-0.05, 0) is 11.6 Å². The smallest absolute Gasteiger partial charge is 0.154 e. The minimum Gasteiger partial charge on any atom is -0.390 e. The molecule has 0 aromatic heterocycles. The quantitative estimate of drug-likeness (QED) is 0.831. The highest BCUT2D eigenvalue weighted by Gasteiger charge is 2.40. The number of nitrogens with zero attached hydrogens (tertiary/aromatic N) is 2. The van der Waals surface area contributed by atoms with Crippen molar-refractivity contribution in [3.05, 3.63) is 34.9 Å². The van der Waals surface area contributed by atoms with Crippen LogP contribution < -0.4 is 0 Å². The standard InChI is InChI=1S/C13H19ClN2O3S/c1-15(2)16(7-10-5-3-4-6-11(10)14)12-8-20(18,19)9-13(12)17/h3-6,12-13,17H,7-9H2,1-2H3/t12-,13-/m1/s1. The lowest BCUT2D eigenvalue weighted by molar-refractivity contribution is -0.0558. The maximum atomic E-state index is 11.7. The summed E-state index contributed by atoms with van der Waals surface area (Å²) in [6.07, 6.45) is -0.870. The van der Waals surface area contributed by atoms with E-state index in [1.807, 2.05) is 37.3 Å². The Kier molecular flexibility index (Phi) is 4.71. The summed E-state index contributed by atoms with van der Waals surface area (Å²) in [6, 6.07) is 6.99. The molecule has 1 fully saturated rings. The van der Waals surface area contributed by atoms with Gasteiger partial charge in [-0.2, -0.15) is 0 Å². The molecule has 1 aromatic rings. The molecule has 112 valence electrons. The normalized spacial score (nSPS) is 25.5. The van der Waals surface area contributed by atoms with Gasteiger partial charge in [-0.1, -0.05) is 29.8 Å². The predicted molar refractivity (Wildman–Crippen MR) is 79.1 cm³/mol. The average molecular weight is 319 g/mol. The molecular weight excluding hydrogens is 300 g/mol. The highest BCUT2D eigenvalue weighted by atomic mass is 35.5. The zero-order valence-corrected chi connectivity index (χ0v) is 13.1. The van der Waals surface area contributed by atoms with Crippen LogP contribution in [0, 0.1) is 0 Å². The number of hydrazine groups is 1. The molecule has 7 heteroatoms. The summed E-state index contributed by atoms with van der Waals surface area (Å²) in [5.41, 5.74) is 0.902. The van der Waals surface area contributed by atoms with Gasteiger partial charge in [0.1, 0.15) is 0 Å². The molecule has 0 radical (unpaired) electrons. The second kappa shape index (κ2) is 5.99. The van der Waals surface area contributed by atoms with E-state index in [0.29, 0.717) is 11.6 Å². The maximum absolute atomic E-state index is 11.7. The third-order valence-corrected chi connectivity index (χ3v) is 5.55. The summed E-state index contributed by atoms with van der Waals surface area (Å²) >= 11 is 6.15. The van der Waals surface area contributed by atoms with Crippen LogP contribution in [0.3, 0.4) is 0 Å². The molecule has 0 unspecified atom stereocenters. The highest BCUT2D eigenvalue weighted by Crippen LogP contribution is 2.24. The van der Waals surface area contributed by atoms with E-state index in [0.717, 1.165) is 5.56 Å². The van der Waals surface area contributed by atoms with Crippen LogP contribution in [0.25, 0.3) is 0 Å². The number of hydrogen-bond donors (Lipinski definition) is 1. The topological polar surface area (TPSA) is 60.9 Å². The first-order valence-corrected chi connectivity index (χ1v) is 8.56. The van der Waals surface area contributed by atoms with Crippen LogP contribution >= 0.6 is 11.6 Å². The summed E-state index contributed by atoms with van der Waals surface area (Å²) in [6.45, 7) is 0.462. The van der Waals surface area contributed by atoms with E-state index >= 15 is 0 Å². The van der Waals surface area contributed by atoms with Gasteiger partial charge in [0, 0.05) is 25.7 Å². The summed E-state index contributed by atoms with van der Waals surface area (Å²) in [5.74, 6) is -0.207. The fourth-order valence-electron chi connectivity index (χ4n) is 2.45. The van der Waals surface area contributed by atoms with Gasteiger partial charge in [-0.3, -0.25) is 0 Å². The Bertz CT molecular complexity index is 577. The van der Waals surface area contributed by atoms with Crippen molar-refractivity contribution in [1.82, 2.24) is 10.0 Å². The van der Waals surface area contributed by atoms with Crippen LogP contribution in [-0.4, -0.2) is 61.3 Å². The first kappa shape index (κ1) is 15.7. The Morgan fingerprint density at radius 3 is 2.45 bits per heavy atom. The van der Waals surface area contributed by atoms with Crippen molar-refractivity contribution in [2.45, 2.75) is 18.7 Å². The molecule has 1 heterocycles. The Morgan fingerprint density at radius 2 is 1.95 bits per heavy atom. The first-order valence-electron chi connectivity index (χ1n) is 6.36. The number of halogens is 1. The molecule has 1 aromatic carbocycles. The third-order valence-electron chi connectivity index (χ3n) is 3.48. The maximum Gasteiger partial charge on any atom is 0.154 e. The van der Waals surface area contributed by atoms with E-state index in [-0.39, 0.29) is 11.5 Å². The van der Waals surface area contributed by atoms with Crippen LogP contribution in [0.4, 0.5) is 0 Å². The summed E-state index contributed by atoms with van der Waals surface area (Å²) in [7, 11) is 0.479. The minimum atomic E-state index is -3.18. The Morgan fingerprint density at radius 1 is 1.30 bits per heavy atom. The molecule has 5 nitrogen and oxygen atoms in total. The Hall–Kier alpha value is -0.660. The SMILES string of the molecule is CN(C)N(Cc1ccccc1Cl)[C@@H]1CS(=O)(=O)C[C@H]1O. The van der Waals surface area contributed by atoms with Crippen LogP contribution in [0.15, 0.2) is 24.3 Å². The molecule has 20 heavy (non-hydrogen) atoms. The second-order valence-electron chi connectivity index (χ2n) is 5.25. The molecule has 0 spiro atoms. The second-order valence-corrected chi connectivity index (χ2v) is 7.81. The number of aliphatic hydroxyl groups excluding tert-OH is 1. The molecule has 0 amide bonds. The van der Waals surface area contributed by atoms with Crippen molar-refractivity contribution in [2.75, 3.05) is 25.6 Å². The van der Waals surface area contributed by atoms with E-state index in [4.69, 9.17) is 11.6 Å². The number of sulfone groups is 1. The molecule has 0 saturated carbocycles. The van der Waals surface area contributed by atoms with E-state index < -0.39 is 22.0 Å². The van der Waals surface area contributed by atoms with Gasteiger partial charge >= 0.3 is 0 Å². The van der Waals surface area contributed by atoms with Crippen molar-refractivity contribution in [2.24, 2.45) is 0 Å². The van der Waals surface area contributed by atoms with Gasteiger partial charge in [0.15, 0.2) is 9.84 Å². The molecule has 0 aliphatic carbocycles. The highest BCUT2D eigenvalue weighted by molar-refractivity contribution is 7.91. The number of hydrogen-bond acceptors (Lipinski definition) is 5. The molecule has 2 rings (SSSR count). The van der Waals surface area contributed by atoms with Gasteiger partial charge in [-0.15, -0.1) is 0 Å². The summed E-state index contributed by atoms with van der Waals surface area (Å²) in [4.78, 5) is 0. The lowest BCUT2D eigenvalue weighted by Gasteiger charge is -2.35. The minimum absolute atomic E-state index is 0.0310. The summed E-state index contributed by atoms with van der Waals surface area (Å²) in [5, 5.41) is 14.3. The molecule has 1 aliphatic heterocycles. The number of benzene rings is 1. The molecule has 1 N–H and O–H groups in total. The van der Waals surface area contributed by atoms with Gasteiger partial charge < -0.3 is 5.11 Å². The number of rotatable bonds is 4. The third kappa shape index (κ3) is 3.51. The van der Waals surface area contributed by atoms with Gasteiger partial charge in [0.2, 0.25) is 0 Å². The van der Waals surface area contributed by atoms with E-state index in [2.05, 4.69) is 0 Å². The zero-order chi connectivity index (χ0) is 14.9. The van der Waals surface area contributed by atoms with Crippen LogP contribution in [-0.2, 0) is 16.4 Å². The van der Waals surface area contributed by atoms with Crippen molar-refractivity contribution in [1.29, 1.82) is 0 Å². The fraction of sp³-hybridized carbons (Fsp3) is 0.538. The van der Waals surface area contributed by atoms with Gasteiger partial charge in [0.05, 0.1) is 23.7 Å².